The van der Waals surface area contributed by atoms with Gasteiger partial charge in [-0.3, -0.25) is 20.4 Å². The molecule has 3 heterocycles. The maximum absolute atomic E-state index is 15.4. The standard InChI is InChI=1S/C24H24F3N5O3/c1-13-12-35-23-20-15(10-18(27)21(23)31-7-5-30(2)6-8-31)22(33)16(11-32(13)20)24(34)29-28-19-4-3-14(25)9-17(19)26/h3-4,9-11,13,28H,5-8,12H2,1-2H3,(H,29,34)/t13-/m0/s1. The lowest BCUT2D eigenvalue weighted by Gasteiger charge is -2.37. The first-order chi connectivity index (χ1) is 16.7. The molecule has 1 amide bonds. The Hall–Kier alpha value is -3.73. The van der Waals surface area contributed by atoms with E-state index in [2.05, 4.69) is 15.8 Å². The van der Waals surface area contributed by atoms with E-state index in [0.29, 0.717) is 36.1 Å². The summed E-state index contributed by atoms with van der Waals surface area (Å²) >= 11 is 0. The summed E-state index contributed by atoms with van der Waals surface area (Å²) in [7, 11) is 2.00. The van der Waals surface area contributed by atoms with Crippen LogP contribution in [0.15, 0.2) is 35.3 Å². The van der Waals surface area contributed by atoms with E-state index in [1.165, 1.54) is 6.20 Å². The summed E-state index contributed by atoms with van der Waals surface area (Å²) in [4.78, 5) is 30.2. The lowest BCUT2D eigenvalue weighted by Crippen LogP contribution is -2.45. The number of aromatic nitrogens is 1. The number of nitrogens with one attached hydrogen (secondary N) is 2. The van der Waals surface area contributed by atoms with Gasteiger partial charge in [0.25, 0.3) is 5.91 Å². The van der Waals surface area contributed by atoms with Gasteiger partial charge in [-0.1, -0.05) is 0 Å². The van der Waals surface area contributed by atoms with Gasteiger partial charge in [-0.05, 0) is 32.2 Å². The number of anilines is 2. The van der Waals surface area contributed by atoms with Crippen LogP contribution in [0.1, 0.15) is 23.3 Å². The summed E-state index contributed by atoms with van der Waals surface area (Å²) in [5.41, 5.74) is 4.25. The molecule has 1 saturated heterocycles. The maximum Gasteiger partial charge on any atom is 0.275 e. The van der Waals surface area contributed by atoms with Crippen LogP contribution in [-0.2, 0) is 0 Å². The second-order valence-corrected chi connectivity index (χ2v) is 8.87. The largest absolute Gasteiger partial charge is 0.487 e. The SMILES string of the molecule is C[C@H]1COc2c(N3CCN(C)CC3)c(F)cc3c(=O)c(C(=O)NNc4ccc(F)cc4F)cn1c23. The molecule has 0 aliphatic carbocycles. The third-order valence-electron chi connectivity index (χ3n) is 6.45. The number of nitrogens with zero attached hydrogens (tertiary/aromatic N) is 3. The van der Waals surface area contributed by atoms with Crippen LogP contribution < -0.4 is 25.9 Å². The van der Waals surface area contributed by atoms with Crippen LogP contribution in [0.4, 0.5) is 24.5 Å². The van der Waals surface area contributed by atoms with Crippen molar-refractivity contribution in [3.05, 3.63) is 63.7 Å². The number of hydrogen-bond acceptors (Lipinski definition) is 6. The molecule has 1 aromatic heterocycles. The summed E-state index contributed by atoms with van der Waals surface area (Å²) in [6.45, 7) is 4.85. The fourth-order valence-corrected chi connectivity index (χ4v) is 4.48. The molecule has 0 spiro atoms. The van der Waals surface area contributed by atoms with Crippen LogP contribution in [-0.4, -0.2) is 55.2 Å². The predicted molar refractivity (Wildman–Crippen MR) is 126 cm³/mol. The molecule has 1 fully saturated rings. The number of carbonyl (C=O) groups excluding carboxylic acids is 1. The number of likely N-dealkylation sites (N-methyl/N-ethyl adjacent to an activating group) is 1. The molecule has 5 rings (SSSR count). The monoisotopic (exact) mass is 487 g/mol. The van der Waals surface area contributed by atoms with Crippen molar-refractivity contribution in [2.24, 2.45) is 0 Å². The normalized spacial score (nSPS) is 17.9. The highest BCUT2D eigenvalue weighted by atomic mass is 19.1. The first kappa shape index (κ1) is 23.0. The van der Waals surface area contributed by atoms with Gasteiger partial charge < -0.3 is 19.1 Å². The summed E-state index contributed by atoms with van der Waals surface area (Å²) in [5.74, 6) is -2.83. The zero-order valence-corrected chi connectivity index (χ0v) is 19.2. The van der Waals surface area contributed by atoms with E-state index < -0.39 is 28.8 Å². The lowest BCUT2D eigenvalue weighted by molar-refractivity contribution is 0.0960. The van der Waals surface area contributed by atoms with E-state index >= 15 is 4.39 Å². The quantitative estimate of drug-likeness (QED) is 0.551. The van der Waals surface area contributed by atoms with Crippen LogP contribution in [0.2, 0.25) is 0 Å². The number of carbonyl (C=O) groups is 1. The smallest absolute Gasteiger partial charge is 0.275 e. The molecule has 0 radical (unpaired) electrons. The minimum atomic E-state index is -0.912. The minimum Gasteiger partial charge on any atom is -0.487 e. The molecule has 2 aliphatic rings. The highest BCUT2D eigenvalue weighted by Gasteiger charge is 2.31. The van der Waals surface area contributed by atoms with Crippen molar-refractivity contribution in [3.8, 4) is 5.75 Å². The average molecular weight is 487 g/mol. The number of pyridine rings is 1. The molecular formula is C24H24F3N5O3. The number of ether oxygens (including phenoxy) is 1. The first-order valence-corrected chi connectivity index (χ1v) is 11.2. The Kier molecular flexibility index (Phi) is 5.79. The van der Waals surface area contributed by atoms with Crippen molar-refractivity contribution in [3.63, 3.8) is 0 Å². The van der Waals surface area contributed by atoms with Gasteiger partial charge in [-0.15, -0.1) is 0 Å². The third kappa shape index (κ3) is 4.05. The second kappa shape index (κ2) is 8.81. The fourth-order valence-electron chi connectivity index (χ4n) is 4.48. The summed E-state index contributed by atoms with van der Waals surface area (Å²) in [6, 6.07) is 3.72. The highest BCUT2D eigenvalue weighted by molar-refractivity contribution is 6.00. The Morgan fingerprint density at radius 2 is 1.83 bits per heavy atom. The molecular weight excluding hydrogens is 463 g/mol. The van der Waals surface area contributed by atoms with Crippen molar-refractivity contribution < 1.29 is 22.7 Å². The van der Waals surface area contributed by atoms with E-state index in [1.807, 2.05) is 18.9 Å². The topological polar surface area (TPSA) is 78.8 Å². The Morgan fingerprint density at radius 1 is 1.09 bits per heavy atom. The van der Waals surface area contributed by atoms with Gasteiger partial charge in [-0.2, -0.15) is 0 Å². The molecule has 2 aromatic carbocycles. The molecule has 0 bridgehead atoms. The fraction of sp³-hybridized carbons (Fsp3) is 0.333. The van der Waals surface area contributed by atoms with E-state index in [9.17, 15) is 18.4 Å². The maximum atomic E-state index is 15.4. The summed E-state index contributed by atoms with van der Waals surface area (Å²) in [5, 5.41) is 0.0162. The number of halogens is 3. The van der Waals surface area contributed by atoms with E-state index in [0.717, 1.165) is 31.3 Å². The molecule has 2 aliphatic heterocycles. The lowest BCUT2D eigenvalue weighted by atomic mass is 10.0. The molecule has 3 aromatic rings. The van der Waals surface area contributed by atoms with Crippen molar-refractivity contribution in [1.82, 2.24) is 14.9 Å². The van der Waals surface area contributed by atoms with Crippen LogP contribution in [0.3, 0.4) is 0 Å². The van der Waals surface area contributed by atoms with Crippen molar-refractivity contribution in [1.29, 1.82) is 0 Å². The van der Waals surface area contributed by atoms with Gasteiger partial charge in [0, 0.05) is 38.4 Å². The molecule has 11 heteroatoms. The highest BCUT2D eigenvalue weighted by Crippen LogP contribution is 2.42. The van der Waals surface area contributed by atoms with Gasteiger partial charge in [0.15, 0.2) is 17.4 Å². The van der Waals surface area contributed by atoms with Crippen molar-refractivity contribution in [2.45, 2.75) is 13.0 Å². The molecule has 0 saturated carbocycles. The predicted octanol–water partition coefficient (Wildman–Crippen LogP) is 2.88. The zero-order chi connectivity index (χ0) is 24.9. The van der Waals surface area contributed by atoms with E-state index in [-0.39, 0.29) is 29.3 Å². The number of piperazine rings is 1. The van der Waals surface area contributed by atoms with E-state index in [4.69, 9.17) is 4.74 Å². The molecule has 2 N–H and O–H groups in total. The molecule has 0 unspecified atom stereocenters. The van der Waals surface area contributed by atoms with Crippen LogP contribution in [0.25, 0.3) is 10.9 Å². The Balaban J connectivity index is 1.55. The van der Waals surface area contributed by atoms with Gasteiger partial charge >= 0.3 is 0 Å². The Labute approximate surface area is 198 Å². The minimum absolute atomic E-state index is 0.0162. The average Bonchev–Trinajstić information content (AvgIpc) is 2.82. The number of hydrazine groups is 1. The van der Waals surface area contributed by atoms with Crippen LogP contribution in [0.5, 0.6) is 5.75 Å². The Bertz CT molecular complexity index is 1390. The van der Waals surface area contributed by atoms with Gasteiger partial charge in [0.05, 0.1) is 22.6 Å². The second-order valence-electron chi connectivity index (χ2n) is 8.87. The zero-order valence-electron chi connectivity index (χ0n) is 19.2. The van der Waals surface area contributed by atoms with Crippen molar-refractivity contribution >= 4 is 28.2 Å². The van der Waals surface area contributed by atoms with E-state index in [1.54, 1.807) is 4.57 Å². The van der Waals surface area contributed by atoms with Gasteiger partial charge in [0.1, 0.15) is 23.7 Å². The van der Waals surface area contributed by atoms with Gasteiger partial charge in [0.2, 0.25) is 5.43 Å². The van der Waals surface area contributed by atoms with Crippen LogP contribution >= 0.6 is 0 Å². The Morgan fingerprint density at radius 3 is 2.54 bits per heavy atom. The van der Waals surface area contributed by atoms with Crippen molar-refractivity contribution in [2.75, 3.05) is 50.2 Å². The molecule has 35 heavy (non-hydrogen) atoms. The summed E-state index contributed by atoms with van der Waals surface area (Å²) in [6.07, 6.45) is 1.41. The third-order valence-corrected chi connectivity index (χ3v) is 6.45. The first-order valence-electron chi connectivity index (χ1n) is 11.2. The molecule has 8 nitrogen and oxygen atoms in total. The number of rotatable bonds is 4. The van der Waals surface area contributed by atoms with Gasteiger partial charge in [-0.25, -0.2) is 13.2 Å². The number of amides is 1. The number of benzene rings is 2. The number of hydrogen-bond donors (Lipinski definition) is 2. The van der Waals surface area contributed by atoms with Crippen LogP contribution in [0, 0.1) is 17.5 Å². The summed E-state index contributed by atoms with van der Waals surface area (Å²) < 4.78 is 50.1. The molecule has 1 atom stereocenters. The molecule has 184 valence electrons.